The minimum Gasteiger partial charge on any atom is -0.497 e. The van der Waals surface area contributed by atoms with Gasteiger partial charge in [0, 0.05) is 0 Å². The van der Waals surface area contributed by atoms with Crippen LogP contribution in [0.25, 0.3) is 11.3 Å². The van der Waals surface area contributed by atoms with E-state index in [-0.39, 0.29) is 0 Å². The molecule has 3 aromatic carbocycles. The van der Waals surface area contributed by atoms with Crippen molar-refractivity contribution in [3.63, 3.8) is 0 Å². The van der Waals surface area contributed by atoms with Gasteiger partial charge in [0.05, 0.1) is 14.2 Å². The Morgan fingerprint density at radius 3 is 1.74 bits per heavy atom. The van der Waals surface area contributed by atoms with E-state index in [0.717, 1.165) is 11.5 Å². The monoisotopic (exact) mass is 374 g/mol. The average Bonchev–Trinajstić information content (AvgIpc) is 2.73. The third-order valence-electron chi connectivity index (χ3n) is 5.00. The Bertz CT molecular complexity index is 895. The molecule has 3 aromatic rings. The summed E-state index contributed by atoms with van der Waals surface area (Å²) in [5.41, 5.74) is 2.42. The van der Waals surface area contributed by atoms with Gasteiger partial charge in [0.2, 0.25) is 0 Å². The molecule has 0 heterocycles. The molecular weight excluding hydrogens is 348 g/mol. The highest BCUT2D eigenvalue weighted by Gasteiger charge is 2.29. The van der Waals surface area contributed by atoms with Gasteiger partial charge in [-0.15, -0.1) is 0 Å². The molecule has 0 aliphatic carbocycles. The van der Waals surface area contributed by atoms with Crippen LogP contribution in [0.15, 0.2) is 78.9 Å². The molecule has 2 nitrogen and oxygen atoms in total. The quantitative estimate of drug-likeness (QED) is 0.425. The fraction of sp³-hybridized carbons (Fsp3) is 0.167. The summed E-state index contributed by atoms with van der Waals surface area (Å²) >= 11 is 0. The summed E-state index contributed by atoms with van der Waals surface area (Å²) < 4.78 is 10.6. The Labute approximate surface area is 163 Å². The van der Waals surface area contributed by atoms with Gasteiger partial charge in [-0.2, -0.15) is 0 Å². The normalized spacial score (nSPS) is 11.9. The summed E-state index contributed by atoms with van der Waals surface area (Å²) in [6.45, 7) is 4.81. The minimum atomic E-state index is -1.89. The highest BCUT2D eigenvalue weighted by molar-refractivity contribution is 7.05. The minimum absolute atomic E-state index is 0.873. The first-order valence-corrected chi connectivity index (χ1v) is 12.1. The third kappa shape index (κ3) is 4.31. The van der Waals surface area contributed by atoms with Crippen molar-refractivity contribution in [2.45, 2.75) is 13.1 Å². The highest BCUT2D eigenvalue weighted by Crippen LogP contribution is 2.30. The van der Waals surface area contributed by atoms with Gasteiger partial charge in [0.15, 0.2) is 0 Å². The van der Waals surface area contributed by atoms with E-state index in [1.54, 1.807) is 14.2 Å². The zero-order valence-corrected chi connectivity index (χ0v) is 17.4. The molecule has 0 aromatic heterocycles. The SMILES string of the molecule is COc1ccc(C=C(c2ccc(OC)cc2)[Si](C)(C)c2ccccc2)cc1. The van der Waals surface area contributed by atoms with Crippen molar-refractivity contribution in [3.8, 4) is 11.5 Å². The van der Waals surface area contributed by atoms with Crippen molar-refractivity contribution in [2.75, 3.05) is 14.2 Å². The molecule has 0 N–H and O–H groups in total. The highest BCUT2D eigenvalue weighted by atomic mass is 28.3. The van der Waals surface area contributed by atoms with Crippen molar-refractivity contribution in [3.05, 3.63) is 90.0 Å². The number of rotatable bonds is 6. The van der Waals surface area contributed by atoms with Gasteiger partial charge in [-0.3, -0.25) is 0 Å². The molecule has 0 atom stereocenters. The topological polar surface area (TPSA) is 18.5 Å². The largest absolute Gasteiger partial charge is 0.497 e. The van der Waals surface area contributed by atoms with Crippen LogP contribution in [0.2, 0.25) is 13.1 Å². The van der Waals surface area contributed by atoms with E-state index in [4.69, 9.17) is 9.47 Å². The predicted molar refractivity (Wildman–Crippen MR) is 117 cm³/mol. The first-order valence-electron chi connectivity index (χ1n) is 9.11. The molecule has 0 aliphatic rings. The van der Waals surface area contributed by atoms with Crippen molar-refractivity contribution < 1.29 is 9.47 Å². The number of ether oxygens (including phenoxy) is 2. The lowest BCUT2D eigenvalue weighted by molar-refractivity contribution is 0.414. The second-order valence-electron chi connectivity index (χ2n) is 7.05. The molecule has 3 heteroatoms. The molecule has 0 radical (unpaired) electrons. The predicted octanol–water partition coefficient (Wildman–Crippen LogP) is 5.40. The van der Waals surface area contributed by atoms with E-state index < -0.39 is 8.07 Å². The van der Waals surface area contributed by atoms with Crippen LogP contribution in [0, 0.1) is 0 Å². The van der Waals surface area contributed by atoms with Crippen LogP contribution in [0.1, 0.15) is 11.1 Å². The van der Waals surface area contributed by atoms with E-state index in [2.05, 4.69) is 73.8 Å². The summed E-state index contributed by atoms with van der Waals surface area (Å²) in [6.07, 6.45) is 2.32. The summed E-state index contributed by atoms with van der Waals surface area (Å²) in [7, 11) is 1.50. The van der Waals surface area contributed by atoms with Gasteiger partial charge in [0.1, 0.15) is 19.6 Å². The van der Waals surface area contributed by atoms with E-state index in [1.807, 2.05) is 24.3 Å². The molecule has 0 saturated carbocycles. The number of methoxy groups -OCH3 is 2. The second-order valence-corrected chi connectivity index (χ2v) is 11.4. The summed E-state index contributed by atoms with van der Waals surface area (Å²) in [5.74, 6) is 1.75. The van der Waals surface area contributed by atoms with Gasteiger partial charge in [-0.25, -0.2) is 0 Å². The fourth-order valence-electron chi connectivity index (χ4n) is 3.27. The van der Waals surface area contributed by atoms with Gasteiger partial charge in [-0.05, 0) is 40.6 Å². The van der Waals surface area contributed by atoms with Crippen LogP contribution in [-0.2, 0) is 0 Å². The number of hydrogen-bond acceptors (Lipinski definition) is 2. The third-order valence-corrected chi connectivity index (χ3v) is 8.55. The zero-order valence-electron chi connectivity index (χ0n) is 16.4. The maximum absolute atomic E-state index is 5.34. The lowest BCUT2D eigenvalue weighted by Crippen LogP contribution is -2.42. The zero-order chi connectivity index (χ0) is 19.3. The molecule has 0 amide bonds. The smallest absolute Gasteiger partial charge is 0.118 e. The molecular formula is C24H26O2Si. The van der Waals surface area contributed by atoms with Gasteiger partial charge in [0.25, 0.3) is 0 Å². The first-order chi connectivity index (χ1) is 13.0. The van der Waals surface area contributed by atoms with Crippen molar-refractivity contribution >= 4 is 24.5 Å². The molecule has 0 saturated heterocycles. The molecule has 0 unspecified atom stereocenters. The Balaban J connectivity index is 2.11. The van der Waals surface area contributed by atoms with Crippen molar-refractivity contribution in [1.82, 2.24) is 0 Å². The number of hydrogen-bond donors (Lipinski definition) is 0. The Morgan fingerprint density at radius 2 is 1.22 bits per heavy atom. The maximum Gasteiger partial charge on any atom is 0.118 e. The lowest BCUT2D eigenvalue weighted by atomic mass is 10.1. The van der Waals surface area contributed by atoms with Crippen LogP contribution in [-0.4, -0.2) is 22.3 Å². The average molecular weight is 375 g/mol. The van der Waals surface area contributed by atoms with E-state index in [0.29, 0.717) is 0 Å². The molecule has 27 heavy (non-hydrogen) atoms. The standard InChI is InChI=1S/C24H26O2Si/c1-25-21-14-10-19(11-15-21)18-24(20-12-16-22(26-2)17-13-20)27(3,4)23-8-6-5-7-9-23/h5-18H,1-4H3. The molecule has 0 aliphatic heterocycles. The molecule has 0 spiro atoms. The summed E-state index contributed by atoms with van der Waals surface area (Å²) in [4.78, 5) is 0. The summed E-state index contributed by atoms with van der Waals surface area (Å²) in [5, 5.41) is 2.81. The molecule has 138 valence electrons. The van der Waals surface area contributed by atoms with Crippen molar-refractivity contribution in [1.29, 1.82) is 0 Å². The van der Waals surface area contributed by atoms with Crippen molar-refractivity contribution in [2.24, 2.45) is 0 Å². The Kier molecular flexibility index (Phi) is 5.82. The fourth-order valence-corrected chi connectivity index (χ4v) is 6.02. The van der Waals surface area contributed by atoms with Crippen LogP contribution in [0.5, 0.6) is 11.5 Å². The van der Waals surface area contributed by atoms with Crippen LogP contribution >= 0.6 is 0 Å². The second kappa shape index (κ2) is 8.27. The van der Waals surface area contributed by atoms with Crippen LogP contribution in [0.4, 0.5) is 0 Å². The number of benzene rings is 3. The van der Waals surface area contributed by atoms with Gasteiger partial charge < -0.3 is 9.47 Å². The molecule has 3 rings (SSSR count). The molecule has 0 fully saturated rings. The summed E-state index contributed by atoms with van der Waals surface area (Å²) in [6, 6.07) is 27.4. The Hall–Kier alpha value is -2.78. The van der Waals surface area contributed by atoms with Crippen LogP contribution in [0.3, 0.4) is 0 Å². The van der Waals surface area contributed by atoms with E-state index >= 15 is 0 Å². The van der Waals surface area contributed by atoms with Crippen LogP contribution < -0.4 is 14.7 Å². The van der Waals surface area contributed by atoms with E-state index in [1.165, 1.54) is 21.5 Å². The lowest BCUT2D eigenvalue weighted by Gasteiger charge is -2.27. The molecule has 0 bridgehead atoms. The van der Waals surface area contributed by atoms with Gasteiger partial charge >= 0.3 is 0 Å². The maximum atomic E-state index is 5.34. The van der Waals surface area contributed by atoms with E-state index in [9.17, 15) is 0 Å². The van der Waals surface area contributed by atoms with Gasteiger partial charge in [-0.1, -0.05) is 79.0 Å². The first kappa shape index (κ1) is 19.0. The Morgan fingerprint density at radius 1 is 0.704 bits per heavy atom.